The summed E-state index contributed by atoms with van der Waals surface area (Å²) in [4.78, 5) is 11.0. The topological polar surface area (TPSA) is 44.1 Å². The van der Waals surface area contributed by atoms with Crippen molar-refractivity contribution in [3.8, 4) is 17.0 Å². The molecule has 1 aromatic heterocycles. The molecule has 0 amide bonds. The zero-order chi connectivity index (χ0) is 18.6. The predicted molar refractivity (Wildman–Crippen MR) is 107 cm³/mol. The van der Waals surface area contributed by atoms with E-state index >= 15 is 0 Å². The van der Waals surface area contributed by atoms with Gasteiger partial charge in [0.25, 0.3) is 0 Å². The van der Waals surface area contributed by atoms with Gasteiger partial charge in [-0.3, -0.25) is 4.68 Å². The van der Waals surface area contributed by atoms with Crippen LogP contribution in [0.25, 0.3) is 22.2 Å². The van der Waals surface area contributed by atoms with E-state index in [-0.39, 0.29) is 6.54 Å². The van der Waals surface area contributed by atoms with Gasteiger partial charge in [0.1, 0.15) is 24.3 Å². The van der Waals surface area contributed by atoms with Crippen molar-refractivity contribution in [3.63, 3.8) is 0 Å². The third kappa shape index (κ3) is 3.34. The van der Waals surface area contributed by atoms with Crippen LogP contribution in [0, 0.1) is 6.92 Å². The van der Waals surface area contributed by atoms with Crippen molar-refractivity contribution in [1.82, 2.24) is 9.78 Å². The number of ether oxygens (including phenoxy) is 1. The van der Waals surface area contributed by atoms with Crippen LogP contribution in [0.2, 0.25) is 0 Å². The maximum absolute atomic E-state index is 11.0. The summed E-state index contributed by atoms with van der Waals surface area (Å²) >= 11 is 0. The Morgan fingerprint density at radius 1 is 0.963 bits per heavy atom. The average Bonchev–Trinajstić information content (AvgIpc) is 3.07. The number of benzene rings is 3. The second kappa shape index (κ2) is 7.46. The summed E-state index contributed by atoms with van der Waals surface area (Å²) in [5.74, 6) is 0.838. The van der Waals surface area contributed by atoms with Crippen LogP contribution in [0.4, 0.5) is 0 Å². The second-order valence-corrected chi connectivity index (χ2v) is 6.42. The van der Waals surface area contributed by atoms with E-state index in [1.165, 1.54) is 0 Å². The number of fused-ring (bicyclic) bond motifs is 1. The highest BCUT2D eigenvalue weighted by atomic mass is 16.5. The second-order valence-electron chi connectivity index (χ2n) is 6.42. The Morgan fingerprint density at radius 3 is 2.56 bits per heavy atom. The van der Waals surface area contributed by atoms with E-state index in [0.717, 1.165) is 45.3 Å². The fraction of sp³-hybridized carbons (Fsp3) is 0.130. The van der Waals surface area contributed by atoms with Crippen molar-refractivity contribution in [1.29, 1.82) is 0 Å². The van der Waals surface area contributed by atoms with Gasteiger partial charge in [-0.2, -0.15) is 5.10 Å². The smallest absolute Gasteiger partial charge is 0.141 e. The highest BCUT2D eigenvalue weighted by Gasteiger charge is 2.15. The summed E-state index contributed by atoms with van der Waals surface area (Å²) in [6, 6.07) is 24.1. The van der Waals surface area contributed by atoms with Crippen LogP contribution < -0.4 is 4.74 Å². The van der Waals surface area contributed by atoms with E-state index in [9.17, 15) is 4.79 Å². The first-order chi connectivity index (χ1) is 13.3. The monoisotopic (exact) mass is 356 g/mol. The van der Waals surface area contributed by atoms with Crippen LogP contribution >= 0.6 is 0 Å². The first-order valence-corrected chi connectivity index (χ1v) is 8.94. The lowest BCUT2D eigenvalue weighted by Crippen LogP contribution is -2.01. The van der Waals surface area contributed by atoms with Gasteiger partial charge in [-0.25, -0.2) is 0 Å². The molecule has 134 valence electrons. The van der Waals surface area contributed by atoms with Gasteiger partial charge in [0.2, 0.25) is 0 Å². The van der Waals surface area contributed by atoms with Crippen LogP contribution in [-0.4, -0.2) is 16.1 Å². The van der Waals surface area contributed by atoms with E-state index in [4.69, 9.17) is 9.84 Å². The Balaban J connectivity index is 1.73. The Hall–Kier alpha value is -3.40. The molecule has 0 aliphatic carbocycles. The number of para-hydroxylation sites is 1. The number of nitrogens with zero attached hydrogens (tertiary/aromatic N) is 2. The molecular formula is C23H20N2O2. The minimum Gasteiger partial charge on any atom is -0.489 e. The highest BCUT2D eigenvalue weighted by Crippen LogP contribution is 2.34. The first kappa shape index (κ1) is 17.0. The maximum Gasteiger partial charge on any atom is 0.141 e. The maximum atomic E-state index is 11.0. The average molecular weight is 356 g/mol. The van der Waals surface area contributed by atoms with Crippen LogP contribution in [0.3, 0.4) is 0 Å². The summed E-state index contributed by atoms with van der Waals surface area (Å²) in [5.41, 5.74) is 5.00. The molecule has 0 aliphatic rings. The minimum atomic E-state index is 0.240. The Bertz CT molecular complexity index is 1080. The number of rotatable bonds is 6. The van der Waals surface area contributed by atoms with Gasteiger partial charge in [-0.15, -0.1) is 0 Å². The molecule has 0 fully saturated rings. The van der Waals surface area contributed by atoms with Crippen molar-refractivity contribution in [2.75, 3.05) is 0 Å². The Morgan fingerprint density at radius 2 is 1.74 bits per heavy atom. The van der Waals surface area contributed by atoms with Gasteiger partial charge in [-0.1, -0.05) is 60.7 Å². The van der Waals surface area contributed by atoms with Crippen LogP contribution in [-0.2, 0) is 17.9 Å². The van der Waals surface area contributed by atoms with Gasteiger partial charge in [-0.05, 0) is 24.6 Å². The Kier molecular flexibility index (Phi) is 4.71. The fourth-order valence-corrected chi connectivity index (χ4v) is 3.30. The minimum absolute atomic E-state index is 0.240. The van der Waals surface area contributed by atoms with Crippen molar-refractivity contribution >= 4 is 17.2 Å². The fourth-order valence-electron chi connectivity index (χ4n) is 3.30. The largest absolute Gasteiger partial charge is 0.489 e. The molecule has 4 aromatic rings. The van der Waals surface area contributed by atoms with E-state index in [0.29, 0.717) is 6.61 Å². The van der Waals surface area contributed by atoms with E-state index in [1.54, 1.807) is 4.68 Å². The first-order valence-electron chi connectivity index (χ1n) is 8.94. The molecule has 0 N–H and O–H groups in total. The SMILES string of the molecule is Cc1c(OCc2ccccc2)cccc1-c1nn(CC=O)c2ccccc12. The molecule has 0 radical (unpaired) electrons. The quantitative estimate of drug-likeness (QED) is 0.467. The zero-order valence-electron chi connectivity index (χ0n) is 15.1. The molecule has 0 spiro atoms. The van der Waals surface area contributed by atoms with Gasteiger partial charge in [0.05, 0.1) is 12.1 Å². The van der Waals surface area contributed by atoms with Crippen LogP contribution in [0.15, 0.2) is 72.8 Å². The summed E-state index contributed by atoms with van der Waals surface area (Å²) in [5, 5.41) is 5.73. The van der Waals surface area contributed by atoms with E-state index < -0.39 is 0 Å². The zero-order valence-corrected chi connectivity index (χ0v) is 15.1. The number of hydrogen-bond acceptors (Lipinski definition) is 3. The van der Waals surface area contributed by atoms with Crippen molar-refractivity contribution in [3.05, 3.63) is 83.9 Å². The number of aromatic nitrogens is 2. The number of hydrogen-bond donors (Lipinski definition) is 0. The summed E-state index contributed by atoms with van der Waals surface area (Å²) < 4.78 is 7.81. The molecule has 27 heavy (non-hydrogen) atoms. The third-order valence-electron chi connectivity index (χ3n) is 4.68. The van der Waals surface area contributed by atoms with E-state index in [1.807, 2.05) is 79.7 Å². The summed E-state index contributed by atoms with van der Waals surface area (Å²) in [6.45, 7) is 2.80. The molecule has 1 heterocycles. The molecule has 0 unspecified atom stereocenters. The normalized spacial score (nSPS) is 10.9. The van der Waals surface area contributed by atoms with Gasteiger partial charge >= 0.3 is 0 Å². The molecule has 0 atom stereocenters. The van der Waals surface area contributed by atoms with Crippen molar-refractivity contribution in [2.24, 2.45) is 0 Å². The lowest BCUT2D eigenvalue weighted by atomic mass is 10.0. The molecular weight excluding hydrogens is 336 g/mol. The molecule has 4 rings (SSSR count). The van der Waals surface area contributed by atoms with Crippen molar-refractivity contribution in [2.45, 2.75) is 20.1 Å². The molecule has 0 bridgehead atoms. The van der Waals surface area contributed by atoms with Crippen molar-refractivity contribution < 1.29 is 9.53 Å². The molecule has 0 saturated heterocycles. The Labute approximate surface area is 158 Å². The molecule has 0 saturated carbocycles. The van der Waals surface area contributed by atoms with Gasteiger partial charge < -0.3 is 9.53 Å². The lowest BCUT2D eigenvalue weighted by molar-refractivity contribution is -0.108. The van der Waals surface area contributed by atoms with Crippen LogP contribution in [0.5, 0.6) is 5.75 Å². The molecule has 4 heteroatoms. The summed E-state index contributed by atoms with van der Waals surface area (Å²) in [6.07, 6.45) is 0.871. The number of carbonyl (C=O) groups is 1. The highest BCUT2D eigenvalue weighted by molar-refractivity contribution is 5.94. The standard InChI is InChI=1S/C23H20N2O2/c1-17-19(11-7-13-22(17)27-16-18-8-3-2-4-9-18)23-20-10-5-6-12-21(20)25(24-23)14-15-26/h2-13,15H,14,16H2,1H3. The predicted octanol–water partition coefficient (Wildman–Crippen LogP) is 4.79. The number of aldehydes is 1. The molecule has 4 nitrogen and oxygen atoms in total. The van der Waals surface area contributed by atoms with Gasteiger partial charge in [0.15, 0.2) is 0 Å². The molecule has 0 aliphatic heterocycles. The van der Waals surface area contributed by atoms with E-state index in [2.05, 4.69) is 0 Å². The number of carbonyl (C=O) groups excluding carboxylic acids is 1. The van der Waals surface area contributed by atoms with Crippen LogP contribution in [0.1, 0.15) is 11.1 Å². The third-order valence-corrected chi connectivity index (χ3v) is 4.68. The summed E-state index contributed by atoms with van der Waals surface area (Å²) in [7, 11) is 0. The van der Waals surface area contributed by atoms with Gasteiger partial charge in [0, 0.05) is 16.5 Å². The lowest BCUT2D eigenvalue weighted by Gasteiger charge is -2.12. The molecule has 3 aromatic carbocycles.